The van der Waals surface area contributed by atoms with Crippen molar-refractivity contribution in [3.05, 3.63) is 0 Å². The summed E-state index contributed by atoms with van der Waals surface area (Å²) in [5, 5.41) is 0. The van der Waals surface area contributed by atoms with E-state index in [1.165, 1.54) is 0 Å². The molecule has 2 heteroatoms. The van der Waals surface area contributed by atoms with Crippen molar-refractivity contribution in [1.29, 1.82) is 0 Å². The predicted molar refractivity (Wildman–Crippen MR) is 18.3 cm³/mol. The van der Waals surface area contributed by atoms with Gasteiger partial charge in [0.25, 0.3) is 0 Å². The highest BCUT2D eigenvalue weighted by Gasteiger charge is 2.32. The first-order chi connectivity index (χ1) is 2.21. The zero-order chi connectivity index (χ0) is 3.91. The highest BCUT2D eigenvalue weighted by Crippen LogP contribution is 2.14. The molecule has 1 rings (SSSR count). The molecule has 0 radical (unpaired) electrons. The van der Waals surface area contributed by atoms with E-state index >= 15 is 0 Å². The van der Waals surface area contributed by atoms with Gasteiger partial charge in [0.2, 0.25) is 0 Å². The molecule has 0 atom stereocenters. The summed E-state index contributed by atoms with van der Waals surface area (Å²) in [6.07, 6.45) is 0. The summed E-state index contributed by atoms with van der Waals surface area (Å²) >= 11 is 0. The first kappa shape index (κ1) is 3.12. The van der Waals surface area contributed by atoms with Crippen LogP contribution in [0.25, 0.3) is 0 Å². The Labute approximate surface area is 31.1 Å². The molecule has 0 aromatic rings. The molecule has 0 bridgehead atoms. The fraction of sp³-hybridized carbons (Fsp3) is 1.00. The van der Waals surface area contributed by atoms with Crippen molar-refractivity contribution in [2.75, 3.05) is 0 Å². The van der Waals surface area contributed by atoms with Gasteiger partial charge in [-0.05, 0) is 13.8 Å². The molecule has 0 unspecified atom stereocenters. The zero-order valence-electron chi connectivity index (χ0n) is 3.41. The van der Waals surface area contributed by atoms with E-state index in [-0.39, 0.29) is 5.72 Å². The van der Waals surface area contributed by atoms with Crippen LogP contribution in [0.1, 0.15) is 13.8 Å². The minimum Gasteiger partial charge on any atom is -0.275 e. The second-order valence-electron chi connectivity index (χ2n) is 1.71. The Morgan fingerprint density at radius 2 is 1.80 bits per heavy atom. The minimum absolute atomic E-state index is 0. The van der Waals surface area contributed by atoms with E-state index < -0.39 is 0 Å². The van der Waals surface area contributed by atoms with Gasteiger partial charge in [0.15, 0.2) is 5.72 Å². The largest absolute Gasteiger partial charge is 0.275 e. The van der Waals surface area contributed by atoms with E-state index in [1.54, 1.807) is 0 Å². The van der Waals surface area contributed by atoms with E-state index in [0.29, 0.717) is 0 Å². The molecule has 2 nitrogen and oxygen atoms in total. The van der Waals surface area contributed by atoms with Crippen LogP contribution < -0.4 is 5.48 Å². The zero-order valence-corrected chi connectivity index (χ0v) is 3.41. The molecular formula is C3H7NO. The molecular weight excluding hydrogens is 66.0 g/mol. The van der Waals surface area contributed by atoms with Gasteiger partial charge >= 0.3 is 0 Å². The van der Waals surface area contributed by atoms with Crippen LogP contribution in [0.3, 0.4) is 0 Å². The molecule has 1 N–H and O–H groups in total. The summed E-state index contributed by atoms with van der Waals surface area (Å²) in [6.45, 7) is 3.93. The van der Waals surface area contributed by atoms with Crippen molar-refractivity contribution in [3.8, 4) is 0 Å². The van der Waals surface area contributed by atoms with Crippen LogP contribution in [0.5, 0.6) is 0 Å². The molecule has 0 aliphatic carbocycles. The number of nitrogens with one attached hydrogen (secondary N) is 1. The number of hydrogen-bond donors (Lipinski definition) is 1. The fourth-order valence-corrected chi connectivity index (χ4v) is 0.102. The Bertz CT molecular complexity index is 44.9. The lowest BCUT2D eigenvalue weighted by Gasteiger charge is -1.77. The number of hydrogen-bond acceptors (Lipinski definition) is 2. The smallest absolute Gasteiger partial charge is 0.156 e. The van der Waals surface area contributed by atoms with Gasteiger partial charge in [0, 0.05) is 0 Å². The molecule has 1 saturated heterocycles. The van der Waals surface area contributed by atoms with E-state index in [0.717, 1.165) is 0 Å². The van der Waals surface area contributed by atoms with Crippen molar-refractivity contribution in [3.63, 3.8) is 0 Å². The molecule has 1 aliphatic rings. The summed E-state index contributed by atoms with van der Waals surface area (Å²) < 4.78 is 0. The Morgan fingerprint density at radius 3 is 1.80 bits per heavy atom. The highest BCUT2D eigenvalue weighted by atomic mass is 16.8. The topological polar surface area (TPSA) is 34.5 Å². The molecule has 1 aliphatic heterocycles. The maximum atomic E-state index is 4.65. The van der Waals surface area contributed by atoms with Crippen molar-refractivity contribution in [2.24, 2.45) is 0 Å². The second kappa shape index (κ2) is 0.533. The van der Waals surface area contributed by atoms with E-state index in [4.69, 9.17) is 0 Å². The predicted octanol–water partition coefficient (Wildman–Crippen LogP) is 0.257. The van der Waals surface area contributed by atoms with Gasteiger partial charge in [0.05, 0.1) is 0 Å². The average Bonchev–Trinajstić information content (AvgIpc) is 1.76. The van der Waals surface area contributed by atoms with Crippen molar-refractivity contribution in [1.82, 2.24) is 5.48 Å². The van der Waals surface area contributed by atoms with Crippen molar-refractivity contribution < 1.29 is 4.84 Å². The maximum Gasteiger partial charge on any atom is 0.156 e. The average molecular weight is 73.1 g/mol. The van der Waals surface area contributed by atoms with Gasteiger partial charge in [-0.15, -0.1) is 0 Å². The third-order valence-electron chi connectivity index (χ3n) is 0.510. The van der Waals surface area contributed by atoms with Crippen LogP contribution in [-0.4, -0.2) is 5.72 Å². The van der Waals surface area contributed by atoms with Gasteiger partial charge in [-0.1, -0.05) is 0 Å². The Hall–Kier alpha value is -0.0800. The molecule has 0 spiro atoms. The number of rotatable bonds is 0. The quantitative estimate of drug-likeness (QED) is 0.417. The molecule has 1 fully saturated rings. The van der Waals surface area contributed by atoms with E-state index in [9.17, 15) is 0 Å². The Kier molecular flexibility index (Phi) is 0.333. The van der Waals surface area contributed by atoms with Crippen LogP contribution in [0, 0.1) is 0 Å². The molecule has 0 saturated carbocycles. The monoisotopic (exact) mass is 73.1 g/mol. The van der Waals surface area contributed by atoms with Crippen LogP contribution in [0.15, 0.2) is 0 Å². The molecule has 0 aromatic carbocycles. The summed E-state index contributed by atoms with van der Waals surface area (Å²) in [6, 6.07) is 0. The lowest BCUT2D eigenvalue weighted by Crippen LogP contribution is -1.98. The first-order valence-electron chi connectivity index (χ1n) is 1.66. The third kappa shape index (κ3) is 0.597. The normalized spacial score (nSPS) is 30.0. The second-order valence-corrected chi connectivity index (χ2v) is 1.71. The standard InChI is InChI=1S/C3H7NO/c1-3(2)4-5-3/h4H,1-2H3. The summed E-state index contributed by atoms with van der Waals surface area (Å²) in [5.41, 5.74) is 2.67. The van der Waals surface area contributed by atoms with Crippen molar-refractivity contribution >= 4 is 0 Å². The first-order valence-corrected chi connectivity index (χ1v) is 1.66. The summed E-state index contributed by atoms with van der Waals surface area (Å²) in [7, 11) is 0. The van der Waals surface area contributed by atoms with Gasteiger partial charge < -0.3 is 0 Å². The van der Waals surface area contributed by atoms with Gasteiger partial charge in [0.1, 0.15) is 0 Å². The van der Waals surface area contributed by atoms with Crippen LogP contribution in [0.4, 0.5) is 0 Å². The minimum atomic E-state index is 0. The third-order valence-corrected chi connectivity index (χ3v) is 0.510. The van der Waals surface area contributed by atoms with Crippen LogP contribution in [0.2, 0.25) is 0 Å². The van der Waals surface area contributed by atoms with E-state index in [1.807, 2.05) is 13.8 Å². The Balaban J connectivity index is 2.38. The lowest BCUT2D eigenvalue weighted by molar-refractivity contribution is 0.323. The lowest BCUT2D eigenvalue weighted by atomic mass is 10.4. The molecule has 30 valence electrons. The fourth-order valence-electron chi connectivity index (χ4n) is 0.102. The molecule has 1 heterocycles. The highest BCUT2D eigenvalue weighted by molar-refractivity contribution is 4.67. The van der Waals surface area contributed by atoms with Crippen molar-refractivity contribution in [2.45, 2.75) is 19.6 Å². The number of hydroxylamine groups is 1. The summed E-state index contributed by atoms with van der Waals surface area (Å²) in [4.78, 5) is 4.65. The SMILES string of the molecule is CC1(C)NO1. The maximum absolute atomic E-state index is 4.65. The van der Waals surface area contributed by atoms with E-state index in [2.05, 4.69) is 10.3 Å². The van der Waals surface area contributed by atoms with Crippen LogP contribution in [-0.2, 0) is 4.84 Å². The van der Waals surface area contributed by atoms with Gasteiger partial charge in [-0.25, -0.2) is 0 Å². The van der Waals surface area contributed by atoms with Gasteiger partial charge in [-0.2, -0.15) is 5.48 Å². The molecule has 0 aromatic heterocycles. The van der Waals surface area contributed by atoms with Crippen LogP contribution >= 0.6 is 0 Å². The Morgan fingerprint density at radius 1 is 1.60 bits per heavy atom. The molecule has 5 heavy (non-hydrogen) atoms. The van der Waals surface area contributed by atoms with Gasteiger partial charge in [-0.3, -0.25) is 4.84 Å². The molecule has 0 amide bonds. The summed E-state index contributed by atoms with van der Waals surface area (Å²) in [5.74, 6) is 0.